The van der Waals surface area contributed by atoms with Gasteiger partial charge in [0.15, 0.2) is 0 Å². The van der Waals surface area contributed by atoms with Crippen molar-refractivity contribution in [2.75, 3.05) is 11.4 Å². The van der Waals surface area contributed by atoms with Gasteiger partial charge in [-0.15, -0.1) is 5.54 Å². The molecule has 2 rings (SSSR count). The van der Waals surface area contributed by atoms with E-state index in [1.54, 1.807) is 11.1 Å². The van der Waals surface area contributed by atoms with Crippen LogP contribution in [0.3, 0.4) is 0 Å². The summed E-state index contributed by atoms with van der Waals surface area (Å²) in [6.07, 6.45) is 1.76. The smallest absolute Gasteiger partial charge is 0.323 e. The number of nitrogens with zero attached hydrogens (tertiary/aromatic N) is 2. The van der Waals surface area contributed by atoms with Crippen LogP contribution in [-0.2, 0) is 0 Å². The van der Waals surface area contributed by atoms with Crippen LogP contribution in [0.2, 0.25) is 19.6 Å². The van der Waals surface area contributed by atoms with E-state index in [0.717, 1.165) is 16.9 Å². The predicted molar refractivity (Wildman–Crippen MR) is 89.2 cm³/mol. The van der Waals surface area contributed by atoms with Crippen LogP contribution in [0.5, 0.6) is 0 Å². The van der Waals surface area contributed by atoms with Crippen molar-refractivity contribution in [1.29, 1.82) is 0 Å². The summed E-state index contributed by atoms with van der Waals surface area (Å²) in [7, 11) is -1.39. The molecule has 5 heteroatoms. The molecule has 112 valence electrons. The summed E-state index contributed by atoms with van der Waals surface area (Å²) in [5, 5.41) is 2.95. The summed E-state index contributed by atoms with van der Waals surface area (Å²) in [4.78, 5) is 18.2. The van der Waals surface area contributed by atoms with Crippen LogP contribution >= 0.6 is 0 Å². The lowest BCUT2D eigenvalue weighted by atomic mass is 10.1. The molecule has 1 saturated heterocycles. The minimum absolute atomic E-state index is 0.0865. The maximum Gasteiger partial charge on any atom is 0.323 e. The Hall–Kier alpha value is -1.80. The van der Waals surface area contributed by atoms with Gasteiger partial charge in [0.05, 0.1) is 12.1 Å². The van der Waals surface area contributed by atoms with Gasteiger partial charge in [-0.1, -0.05) is 25.6 Å². The van der Waals surface area contributed by atoms with Crippen LogP contribution in [0.25, 0.3) is 0 Å². The minimum Gasteiger partial charge on any atom is -0.331 e. The molecule has 2 heterocycles. The van der Waals surface area contributed by atoms with Crippen molar-refractivity contribution in [2.24, 2.45) is 0 Å². The fraction of sp³-hybridized carbons (Fsp3) is 0.500. The molecule has 1 aliphatic rings. The molecule has 1 aromatic heterocycles. The average molecular weight is 301 g/mol. The highest BCUT2D eigenvalue weighted by Crippen LogP contribution is 2.24. The first-order valence-corrected chi connectivity index (χ1v) is 10.7. The third-order valence-corrected chi connectivity index (χ3v) is 4.01. The third-order valence-electron chi connectivity index (χ3n) is 3.13. The van der Waals surface area contributed by atoms with E-state index in [1.807, 2.05) is 26.8 Å². The average Bonchev–Trinajstić information content (AvgIpc) is 2.59. The second-order valence-corrected chi connectivity index (χ2v) is 12.0. The molecule has 0 bridgehead atoms. The topological polar surface area (TPSA) is 45.2 Å². The molecule has 0 atom stereocenters. The normalized spacial score (nSPS) is 17.2. The number of carbonyl (C=O) groups excluding carboxylic acids is 1. The summed E-state index contributed by atoms with van der Waals surface area (Å²) in [6.45, 7) is 13.3. The Labute approximate surface area is 128 Å². The zero-order valence-electron chi connectivity index (χ0n) is 13.7. The molecule has 1 fully saturated rings. The molecule has 0 saturated carbocycles. The van der Waals surface area contributed by atoms with Crippen molar-refractivity contribution in [3.05, 3.63) is 23.4 Å². The molecule has 0 radical (unpaired) electrons. The van der Waals surface area contributed by atoms with E-state index < -0.39 is 8.07 Å². The Morgan fingerprint density at radius 3 is 2.52 bits per heavy atom. The second kappa shape index (κ2) is 5.19. The van der Waals surface area contributed by atoms with Crippen molar-refractivity contribution < 1.29 is 4.79 Å². The Morgan fingerprint density at radius 2 is 2.05 bits per heavy atom. The number of hydrogen-bond donors (Lipinski definition) is 1. The van der Waals surface area contributed by atoms with E-state index in [-0.39, 0.29) is 11.6 Å². The summed E-state index contributed by atoms with van der Waals surface area (Å²) < 4.78 is 0. The molecule has 1 aliphatic heterocycles. The summed E-state index contributed by atoms with van der Waals surface area (Å²) >= 11 is 0. The number of urea groups is 1. The van der Waals surface area contributed by atoms with Crippen LogP contribution in [-0.4, -0.2) is 31.2 Å². The Bertz CT molecular complexity index is 635. The van der Waals surface area contributed by atoms with Gasteiger partial charge >= 0.3 is 6.03 Å². The quantitative estimate of drug-likeness (QED) is 0.640. The number of nitrogens with one attached hydrogen (secondary N) is 1. The van der Waals surface area contributed by atoms with Crippen LogP contribution in [0, 0.1) is 18.4 Å². The molecule has 0 aromatic carbocycles. The van der Waals surface area contributed by atoms with Crippen molar-refractivity contribution >= 4 is 19.9 Å². The zero-order chi connectivity index (χ0) is 15.8. The molecule has 0 spiro atoms. The molecule has 21 heavy (non-hydrogen) atoms. The summed E-state index contributed by atoms with van der Waals surface area (Å²) in [5.74, 6) is 3.92. The minimum atomic E-state index is -1.39. The molecule has 0 unspecified atom stereocenters. The van der Waals surface area contributed by atoms with Gasteiger partial charge < -0.3 is 5.32 Å². The summed E-state index contributed by atoms with van der Waals surface area (Å²) in [5.41, 5.74) is 5.00. The van der Waals surface area contributed by atoms with Gasteiger partial charge in [-0.25, -0.2) is 9.78 Å². The number of amides is 2. The first kappa shape index (κ1) is 15.6. The Balaban J connectivity index is 2.28. The maximum atomic E-state index is 12.0. The van der Waals surface area contributed by atoms with Crippen molar-refractivity contribution in [1.82, 2.24) is 10.3 Å². The SMILES string of the molecule is Cc1cc(C#C[Si](C)(C)C)cnc1N1CC(C)(C)NC1=O. The lowest BCUT2D eigenvalue weighted by Crippen LogP contribution is -2.36. The predicted octanol–water partition coefficient (Wildman–Crippen LogP) is 2.93. The largest absolute Gasteiger partial charge is 0.331 e. The van der Waals surface area contributed by atoms with Gasteiger partial charge in [0.2, 0.25) is 0 Å². The lowest BCUT2D eigenvalue weighted by molar-refractivity contribution is 0.248. The van der Waals surface area contributed by atoms with Gasteiger partial charge in [0.1, 0.15) is 13.9 Å². The molecule has 1 aromatic rings. The molecule has 2 amide bonds. The first-order chi connectivity index (χ1) is 9.57. The van der Waals surface area contributed by atoms with Crippen molar-refractivity contribution in [3.8, 4) is 11.5 Å². The van der Waals surface area contributed by atoms with E-state index in [4.69, 9.17) is 0 Å². The number of pyridine rings is 1. The van der Waals surface area contributed by atoms with Gasteiger partial charge in [-0.2, -0.15) is 0 Å². The highest BCUT2D eigenvalue weighted by atomic mass is 28.3. The highest BCUT2D eigenvalue weighted by molar-refractivity contribution is 6.83. The van der Waals surface area contributed by atoms with Crippen LogP contribution in [0.15, 0.2) is 12.3 Å². The van der Waals surface area contributed by atoms with E-state index in [2.05, 4.69) is 41.4 Å². The fourth-order valence-corrected chi connectivity index (χ4v) is 2.73. The maximum absolute atomic E-state index is 12.0. The molecule has 4 nitrogen and oxygen atoms in total. The Morgan fingerprint density at radius 1 is 1.38 bits per heavy atom. The zero-order valence-corrected chi connectivity index (χ0v) is 14.7. The second-order valence-electron chi connectivity index (χ2n) is 7.26. The van der Waals surface area contributed by atoms with E-state index >= 15 is 0 Å². The van der Waals surface area contributed by atoms with Crippen LogP contribution in [0.4, 0.5) is 10.6 Å². The number of aromatic nitrogens is 1. The van der Waals surface area contributed by atoms with Crippen molar-refractivity contribution in [2.45, 2.75) is 46.0 Å². The Kier molecular flexibility index (Phi) is 3.85. The standard InChI is InChI=1S/C16H23N3OSi/c1-12-9-13(7-8-21(4,5)6)10-17-14(12)19-11-16(2,3)18-15(19)20/h9-10H,11H2,1-6H3,(H,18,20). The van der Waals surface area contributed by atoms with Gasteiger partial charge in [0, 0.05) is 11.8 Å². The number of carbonyl (C=O) groups is 1. The van der Waals surface area contributed by atoms with Crippen LogP contribution < -0.4 is 10.2 Å². The van der Waals surface area contributed by atoms with Gasteiger partial charge in [0.25, 0.3) is 0 Å². The number of aryl methyl sites for hydroxylation is 1. The fourth-order valence-electron chi connectivity index (χ4n) is 2.21. The molecular formula is C16H23N3OSi. The number of anilines is 1. The highest BCUT2D eigenvalue weighted by Gasteiger charge is 2.36. The van der Waals surface area contributed by atoms with E-state index in [9.17, 15) is 4.79 Å². The summed E-state index contributed by atoms with van der Waals surface area (Å²) in [6, 6.07) is 1.92. The molecular weight excluding hydrogens is 278 g/mol. The monoisotopic (exact) mass is 301 g/mol. The third kappa shape index (κ3) is 3.85. The van der Waals surface area contributed by atoms with Gasteiger partial charge in [-0.05, 0) is 32.4 Å². The first-order valence-electron chi connectivity index (χ1n) is 7.17. The van der Waals surface area contributed by atoms with E-state index in [1.165, 1.54) is 0 Å². The lowest BCUT2D eigenvalue weighted by Gasteiger charge is -2.18. The number of rotatable bonds is 1. The van der Waals surface area contributed by atoms with E-state index in [0.29, 0.717) is 6.54 Å². The molecule has 1 N–H and O–H groups in total. The molecule has 0 aliphatic carbocycles. The van der Waals surface area contributed by atoms with Gasteiger partial charge in [-0.3, -0.25) is 4.90 Å². The van der Waals surface area contributed by atoms with Crippen LogP contribution in [0.1, 0.15) is 25.0 Å². The van der Waals surface area contributed by atoms with Crippen molar-refractivity contribution in [3.63, 3.8) is 0 Å². The number of hydrogen-bond acceptors (Lipinski definition) is 2.